The largest absolute Gasteiger partial charge is 0.462 e. The summed E-state index contributed by atoms with van der Waals surface area (Å²) in [7, 11) is 0. The minimum absolute atomic E-state index is 0.0287. The van der Waals surface area contributed by atoms with Crippen LogP contribution in [0.15, 0.2) is 51.9 Å². The van der Waals surface area contributed by atoms with E-state index < -0.39 is 22.0 Å². The summed E-state index contributed by atoms with van der Waals surface area (Å²) < 4.78 is 11.9. The Hall–Kier alpha value is -4.54. The number of nitro groups is 1. The number of carbonyl (C=O) groups is 1. The molecule has 0 atom stereocenters. The number of hydrogen-bond donors (Lipinski definition) is 1. The summed E-state index contributed by atoms with van der Waals surface area (Å²) in [6.07, 6.45) is 4.10. The van der Waals surface area contributed by atoms with Crippen molar-refractivity contribution in [1.82, 2.24) is 19.8 Å². The lowest BCUT2D eigenvalue weighted by Crippen LogP contribution is -2.15. The molecule has 0 saturated heterocycles. The van der Waals surface area contributed by atoms with Gasteiger partial charge in [0.15, 0.2) is 0 Å². The number of furan rings is 1. The van der Waals surface area contributed by atoms with E-state index in [4.69, 9.17) is 9.15 Å². The summed E-state index contributed by atoms with van der Waals surface area (Å²) in [5.41, 5.74) is -0.522. The zero-order chi connectivity index (χ0) is 22.0. The molecular weight excluding hydrogens is 406 g/mol. The van der Waals surface area contributed by atoms with Crippen molar-refractivity contribution >= 4 is 29.5 Å². The number of rotatable bonds is 6. The van der Waals surface area contributed by atoms with E-state index in [1.807, 2.05) is 0 Å². The predicted molar refractivity (Wildman–Crippen MR) is 109 cm³/mol. The van der Waals surface area contributed by atoms with Crippen molar-refractivity contribution in [2.45, 2.75) is 6.92 Å². The second-order valence-corrected chi connectivity index (χ2v) is 6.32. The molecule has 0 aliphatic heterocycles. The van der Waals surface area contributed by atoms with Crippen LogP contribution in [0.25, 0.3) is 29.1 Å². The highest BCUT2D eigenvalue weighted by atomic mass is 16.6. The summed E-state index contributed by atoms with van der Waals surface area (Å²) in [5, 5.41) is 21.2. The molecule has 4 rings (SSSR count). The van der Waals surface area contributed by atoms with Gasteiger partial charge in [-0.05, 0) is 43.3 Å². The first-order valence-electron chi connectivity index (χ1n) is 9.14. The number of nitrogens with zero attached hydrogens (tertiary/aromatic N) is 4. The maximum atomic E-state index is 12.3. The Morgan fingerprint density at radius 2 is 2.03 bits per heavy atom. The van der Waals surface area contributed by atoms with Crippen molar-refractivity contribution in [2.75, 3.05) is 6.61 Å². The van der Waals surface area contributed by atoms with Crippen LogP contribution in [-0.4, -0.2) is 37.3 Å². The molecule has 0 saturated carbocycles. The van der Waals surface area contributed by atoms with Gasteiger partial charge >= 0.3 is 17.1 Å². The van der Waals surface area contributed by atoms with Crippen molar-refractivity contribution in [1.29, 1.82) is 0 Å². The molecule has 4 aromatic rings. The highest BCUT2D eigenvalue weighted by Crippen LogP contribution is 2.24. The minimum Gasteiger partial charge on any atom is -0.462 e. The third kappa shape index (κ3) is 3.83. The molecule has 31 heavy (non-hydrogen) atoms. The van der Waals surface area contributed by atoms with E-state index >= 15 is 0 Å². The number of H-pyrrole nitrogens is 1. The normalized spacial score (nSPS) is 11.3. The molecule has 0 amide bonds. The Bertz CT molecular complexity index is 1360. The molecular formula is C20H15N5O6. The van der Waals surface area contributed by atoms with E-state index in [2.05, 4.69) is 15.3 Å². The number of hydrogen-bond acceptors (Lipinski definition) is 8. The van der Waals surface area contributed by atoms with Crippen LogP contribution in [0, 0.1) is 10.1 Å². The first-order valence-corrected chi connectivity index (χ1v) is 9.14. The van der Waals surface area contributed by atoms with Crippen LogP contribution in [0.5, 0.6) is 0 Å². The van der Waals surface area contributed by atoms with Crippen molar-refractivity contribution in [2.24, 2.45) is 0 Å². The fourth-order valence-electron chi connectivity index (χ4n) is 2.93. The lowest BCUT2D eigenvalue weighted by Gasteiger charge is -2.02. The lowest BCUT2D eigenvalue weighted by molar-refractivity contribution is -0.386. The second kappa shape index (κ2) is 8.06. The van der Waals surface area contributed by atoms with Gasteiger partial charge in [-0.15, -0.1) is 10.2 Å². The molecule has 11 nitrogen and oxygen atoms in total. The molecule has 0 unspecified atom stereocenters. The highest BCUT2D eigenvalue weighted by molar-refractivity contribution is 5.90. The quantitative estimate of drug-likeness (QED) is 0.284. The monoisotopic (exact) mass is 421 g/mol. The molecule has 1 N–H and O–H groups in total. The van der Waals surface area contributed by atoms with E-state index in [1.165, 1.54) is 23.0 Å². The van der Waals surface area contributed by atoms with Crippen LogP contribution in [0.1, 0.15) is 28.7 Å². The van der Waals surface area contributed by atoms with Crippen LogP contribution in [0.2, 0.25) is 0 Å². The molecule has 0 radical (unpaired) electrons. The molecule has 3 aromatic heterocycles. The van der Waals surface area contributed by atoms with Crippen LogP contribution >= 0.6 is 0 Å². The summed E-state index contributed by atoms with van der Waals surface area (Å²) in [6.45, 7) is 2.03. The van der Waals surface area contributed by atoms with Crippen LogP contribution in [-0.2, 0) is 4.74 Å². The van der Waals surface area contributed by atoms with Crippen molar-refractivity contribution in [3.05, 3.63) is 80.1 Å². The van der Waals surface area contributed by atoms with E-state index in [-0.39, 0.29) is 11.3 Å². The van der Waals surface area contributed by atoms with E-state index in [1.54, 1.807) is 43.3 Å². The van der Waals surface area contributed by atoms with Gasteiger partial charge in [-0.3, -0.25) is 20.0 Å². The number of benzene rings is 1. The molecule has 0 aliphatic carbocycles. The molecule has 3 heterocycles. The third-order valence-corrected chi connectivity index (χ3v) is 4.37. The van der Waals surface area contributed by atoms with Gasteiger partial charge in [0.25, 0.3) is 0 Å². The number of carbonyl (C=O) groups excluding carboxylic acids is 1. The minimum atomic E-state index is -0.845. The van der Waals surface area contributed by atoms with E-state index in [0.717, 1.165) is 5.56 Å². The molecule has 0 bridgehead atoms. The molecule has 0 spiro atoms. The first kappa shape index (κ1) is 19.8. The number of aromatic amines is 1. The van der Waals surface area contributed by atoms with Crippen LogP contribution in [0.3, 0.4) is 0 Å². The Morgan fingerprint density at radius 3 is 2.74 bits per heavy atom. The zero-order valence-corrected chi connectivity index (χ0v) is 16.1. The van der Waals surface area contributed by atoms with Crippen molar-refractivity contribution in [3.63, 3.8) is 0 Å². The topological polar surface area (TPSA) is 146 Å². The maximum absolute atomic E-state index is 12.3. The van der Waals surface area contributed by atoms with Crippen molar-refractivity contribution < 1.29 is 18.9 Å². The molecule has 156 valence electrons. The summed E-state index contributed by atoms with van der Waals surface area (Å²) in [6, 6.07) is 10.1. The molecule has 11 heteroatoms. The van der Waals surface area contributed by atoms with E-state index in [0.29, 0.717) is 23.7 Å². The van der Waals surface area contributed by atoms with Crippen molar-refractivity contribution in [3.8, 4) is 11.3 Å². The number of ether oxygens (including phenoxy) is 1. The number of fused-ring (bicyclic) bond motifs is 1. The fourth-order valence-corrected chi connectivity index (χ4v) is 2.93. The van der Waals surface area contributed by atoms with Gasteiger partial charge in [0.1, 0.15) is 23.5 Å². The smallest absolute Gasteiger partial charge is 0.345 e. The van der Waals surface area contributed by atoms with Gasteiger partial charge in [-0.25, -0.2) is 9.31 Å². The average molecular weight is 421 g/mol. The highest BCUT2D eigenvalue weighted by Gasteiger charge is 2.22. The number of nitrogens with one attached hydrogen (secondary N) is 1. The standard InChI is InChI=1S/C20H15N5O6/c1-2-30-20(27)13-5-3-12(4-6-13)16-10-8-14(31-16)7-9-15-17(25(28)29)18(26)19-22-21-11-24(19)23-15/h3-11,23H,2H2,1H3. The SMILES string of the molecule is CCOC(=O)c1ccc(-c2ccc(C=Cc3[nH]n4cnnc4c(=O)c3[N+](=O)[O-])o2)cc1. The van der Waals surface area contributed by atoms with E-state index in [9.17, 15) is 19.7 Å². The molecule has 0 fully saturated rings. The predicted octanol–water partition coefficient (Wildman–Crippen LogP) is 2.93. The Kier molecular flexibility index (Phi) is 5.14. The zero-order valence-electron chi connectivity index (χ0n) is 16.1. The van der Waals surface area contributed by atoms with Crippen LogP contribution < -0.4 is 5.43 Å². The Labute approximate surface area is 173 Å². The van der Waals surface area contributed by atoms with Gasteiger partial charge in [0.2, 0.25) is 5.65 Å². The molecule has 1 aromatic carbocycles. The Morgan fingerprint density at radius 1 is 1.26 bits per heavy atom. The van der Waals surface area contributed by atoms with Gasteiger partial charge in [-0.1, -0.05) is 12.1 Å². The third-order valence-electron chi connectivity index (χ3n) is 4.37. The number of esters is 1. The Balaban J connectivity index is 1.61. The first-order chi connectivity index (χ1) is 15.0. The second-order valence-electron chi connectivity index (χ2n) is 6.32. The van der Waals surface area contributed by atoms with Gasteiger partial charge in [-0.2, -0.15) is 0 Å². The van der Waals surface area contributed by atoms with Gasteiger partial charge < -0.3 is 9.15 Å². The summed E-state index contributed by atoms with van der Waals surface area (Å²) >= 11 is 0. The lowest BCUT2D eigenvalue weighted by atomic mass is 10.1. The molecule has 0 aliphatic rings. The number of aromatic nitrogens is 4. The van der Waals surface area contributed by atoms with Gasteiger partial charge in [0.05, 0.1) is 17.1 Å². The fraction of sp³-hybridized carbons (Fsp3) is 0.100. The maximum Gasteiger partial charge on any atom is 0.345 e. The summed E-state index contributed by atoms with van der Waals surface area (Å²) in [5.74, 6) is 0.536. The van der Waals surface area contributed by atoms with Crippen LogP contribution in [0.4, 0.5) is 5.69 Å². The average Bonchev–Trinajstić information content (AvgIpc) is 3.42. The van der Waals surface area contributed by atoms with Gasteiger partial charge in [0, 0.05) is 5.56 Å². The summed E-state index contributed by atoms with van der Waals surface area (Å²) in [4.78, 5) is 34.6.